The molecule has 2 aliphatic heterocycles. The predicted molar refractivity (Wildman–Crippen MR) is 67.2 cm³/mol. The van der Waals surface area contributed by atoms with Crippen molar-refractivity contribution in [2.75, 3.05) is 6.61 Å². The van der Waals surface area contributed by atoms with Gasteiger partial charge in [-0.1, -0.05) is 0 Å². The SMILES string of the molecule is C[C@@H](O)[C@@H]1O[C@H](O)[C@H](OC[C@H]2O[C@@H](O)[C@H](O)[C@@H](O)[C@@H]2O)[C@H]1O. The van der Waals surface area contributed by atoms with E-state index in [0.717, 1.165) is 0 Å². The van der Waals surface area contributed by atoms with Crippen molar-refractivity contribution in [1.82, 2.24) is 0 Å². The van der Waals surface area contributed by atoms with Gasteiger partial charge in [-0.15, -0.1) is 0 Å². The molecule has 0 aromatic carbocycles. The van der Waals surface area contributed by atoms with Crippen molar-refractivity contribution in [2.24, 2.45) is 0 Å². The molecule has 0 aromatic rings. The lowest BCUT2D eigenvalue weighted by atomic mass is 9.99. The Kier molecular flexibility index (Phi) is 5.72. The Bertz CT molecular complexity index is 366. The minimum atomic E-state index is -1.70. The molecule has 7 N–H and O–H groups in total. The minimum absolute atomic E-state index is 0.392. The standard InChI is InChI=1S/C12H22O10/c1-3(13)9-8(17)10(12(19)22-9)20-2-4-5(14)6(15)7(16)11(18)21-4/h3-19H,2H2,1H3/t3-,4-,5-,6+,7-,8+,9+,10-,11-,12+/m1/s1. The number of hydrogen-bond donors (Lipinski definition) is 7. The Morgan fingerprint density at radius 3 is 2.05 bits per heavy atom. The lowest BCUT2D eigenvalue weighted by Crippen LogP contribution is -2.59. The second-order valence-electron chi connectivity index (χ2n) is 5.56. The van der Waals surface area contributed by atoms with E-state index in [-0.39, 0.29) is 0 Å². The highest BCUT2D eigenvalue weighted by atomic mass is 16.7. The summed E-state index contributed by atoms with van der Waals surface area (Å²) in [6.07, 6.45) is -13.8. The summed E-state index contributed by atoms with van der Waals surface area (Å²) in [6, 6.07) is 0. The van der Waals surface area contributed by atoms with Gasteiger partial charge in [0.25, 0.3) is 0 Å². The average molecular weight is 326 g/mol. The molecule has 2 aliphatic rings. The van der Waals surface area contributed by atoms with E-state index < -0.39 is 68.0 Å². The smallest absolute Gasteiger partial charge is 0.184 e. The molecular weight excluding hydrogens is 304 g/mol. The number of ether oxygens (including phenoxy) is 3. The van der Waals surface area contributed by atoms with Crippen molar-refractivity contribution < 1.29 is 50.0 Å². The molecule has 2 fully saturated rings. The number of rotatable bonds is 4. The van der Waals surface area contributed by atoms with Crippen molar-refractivity contribution >= 4 is 0 Å². The largest absolute Gasteiger partial charge is 0.391 e. The molecule has 2 saturated heterocycles. The van der Waals surface area contributed by atoms with E-state index in [9.17, 15) is 35.7 Å². The van der Waals surface area contributed by atoms with Gasteiger partial charge in [-0.2, -0.15) is 0 Å². The van der Waals surface area contributed by atoms with Crippen molar-refractivity contribution in [3.63, 3.8) is 0 Å². The van der Waals surface area contributed by atoms with Gasteiger partial charge in [0, 0.05) is 0 Å². The molecule has 2 heterocycles. The Balaban J connectivity index is 1.92. The van der Waals surface area contributed by atoms with Crippen LogP contribution in [0.3, 0.4) is 0 Å². The average Bonchev–Trinajstić information content (AvgIpc) is 2.74. The van der Waals surface area contributed by atoms with Crippen LogP contribution < -0.4 is 0 Å². The first kappa shape index (κ1) is 17.9. The summed E-state index contributed by atoms with van der Waals surface area (Å²) in [5, 5.41) is 67.0. The molecule has 22 heavy (non-hydrogen) atoms. The molecule has 2 rings (SSSR count). The van der Waals surface area contributed by atoms with Crippen molar-refractivity contribution in [3.05, 3.63) is 0 Å². The fourth-order valence-corrected chi connectivity index (χ4v) is 2.53. The van der Waals surface area contributed by atoms with Crippen LogP contribution in [-0.2, 0) is 14.2 Å². The van der Waals surface area contributed by atoms with Crippen LogP contribution in [0.4, 0.5) is 0 Å². The molecule has 0 aliphatic carbocycles. The maximum atomic E-state index is 9.92. The molecule has 0 bridgehead atoms. The van der Waals surface area contributed by atoms with Crippen molar-refractivity contribution in [3.8, 4) is 0 Å². The van der Waals surface area contributed by atoms with E-state index >= 15 is 0 Å². The predicted octanol–water partition coefficient (Wildman–Crippen LogP) is -4.37. The van der Waals surface area contributed by atoms with Crippen LogP contribution in [0.2, 0.25) is 0 Å². The summed E-state index contributed by atoms with van der Waals surface area (Å²) in [6.45, 7) is 0.988. The molecule has 0 amide bonds. The van der Waals surface area contributed by atoms with Gasteiger partial charge in [0.2, 0.25) is 0 Å². The summed E-state index contributed by atoms with van der Waals surface area (Å²) in [5.41, 5.74) is 0. The van der Waals surface area contributed by atoms with Crippen LogP contribution in [0, 0.1) is 0 Å². The van der Waals surface area contributed by atoms with E-state index in [0.29, 0.717) is 0 Å². The molecular formula is C12H22O10. The molecule has 130 valence electrons. The molecule has 0 unspecified atom stereocenters. The minimum Gasteiger partial charge on any atom is -0.391 e. The Labute approximate surface area is 126 Å². The van der Waals surface area contributed by atoms with Gasteiger partial charge >= 0.3 is 0 Å². The first-order valence-electron chi connectivity index (χ1n) is 6.93. The first-order valence-corrected chi connectivity index (χ1v) is 6.93. The van der Waals surface area contributed by atoms with Gasteiger partial charge in [-0.05, 0) is 6.92 Å². The molecule has 0 radical (unpaired) electrons. The quantitative estimate of drug-likeness (QED) is 0.268. The van der Waals surface area contributed by atoms with Gasteiger partial charge in [0.1, 0.15) is 42.7 Å². The summed E-state index contributed by atoms with van der Waals surface area (Å²) < 4.78 is 15.1. The molecule has 0 aromatic heterocycles. The topological polar surface area (TPSA) is 169 Å². The Morgan fingerprint density at radius 1 is 0.864 bits per heavy atom. The number of aliphatic hydroxyl groups is 7. The van der Waals surface area contributed by atoms with E-state index in [2.05, 4.69) is 0 Å². The fraction of sp³-hybridized carbons (Fsp3) is 1.00. The third-order valence-electron chi connectivity index (χ3n) is 3.87. The second-order valence-corrected chi connectivity index (χ2v) is 5.56. The zero-order chi connectivity index (χ0) is 16.6. The van der Waals surface area contributed by atoms with Gasteiger partial charge in [-0.3, -0.25) is 0 Å². The maximum absolute atomic E-state index is 9.92. The molecule has 0 saturated carbocycles. The fourth-order valence-electron chi connectivity index (χ4n) is 2.53. The van der Waals surface area contributed by atoms with Crippen LogP contribution >= 0.6 is 0 Å². The summed E-state index contributed by atoms with van der Waals surface area (Å²) in [5.74, 6) is 0. The lowest BCUT2D eigenvalue weighted by Gasteiger charge is -2.38. The van der Waals surface area contributed by atoms with Gasteiger partial charge in [-0.25, -0.2) is 0 Å². The van der Waals surface area contributed by atoms with Crippen LogP contribution in [0.5, 0.6) is 0 Å². The van der Waals surface area contributed by atoms with Crippen LogP contribution in [0.25, 0.3) is 0 Å². The van der Waals surface area contributed by atoms with Crippen LogP contribution in [0.15, 0.2) is 0 Å². The lowest BCUT2D eigenvalue weighted by molar-refractivity contribution is -0.293. The normalized spacial score (nSPS) is 51.0. The first-order chi connectivity index (χ1) is 10.2. The molecule has 10 nitrogen and oxygen atoms in total. The Hall–Kier alpha value is -0.400. The monoisotopic (exact) mass is 326 g/mol. The summed E-state index contributed by atoms with van der Waals surface area (Å²) >= 11 is 0. The Morgan fingerprint density at radius 2 is 1.50 bits per heavy atom. The molecule has 10 atom stereocenters. The second kappa shape index (κ2) is 7.01. The number of aliphatic hydroxyl groups excluding tert-OH is 7. The van der Waals surface area contributed by atoms with Crippen LogP contribution in [0.1, 0.15) is 6.92 Å². The highest BCUT2D eigenvalue weighted by Crippen LogP contribution is 2.26. The molecule has 0 spiro atoms. The third kappa shape index (κ3) is 3.41. The highest BCUT2D eigenvalue weighted by Gasteiger charge is 2.48. The van der Waals surface area contributed by atoms with Crippen LogP contribution in [-0.4, -0.2) is 104 Å². The molecule has 10 heteroatoms. The van der Waals surface area contributed by atoms with Gasteiger partial charge < -0.3 is 50.0 Å². The van der Waals surface area contributed by atoms with E-state index in [1.165, 1.54) is 6.92 Å². The highest BCUT2D eigenvalue weighted by molar-refractivity contribution is 4.92. The third-order valence-corrected chi connectivity index (χ3v) is 3.87. The summed E-state index contributed by atoms with van der Waals surface area (Å²) in [4.78, 5) is 0. The number of hydrogen-bond acceptors (Lipinski definition) is 10. The zero-order valence-electron chi connectivity index (χ0n) is 11.8. The van der Waals surface area contributed by atoms with E-state index in [1.54, 1.807) is 0 Å². The van der Waals surface area contributed by atoms with Crippen molar-refractivity contribution in [1.29, 1.82) is 0 Å². The summed E-state index contributed by atoms with van der Waals surface area (Å²) in [7, 11) is 0. The van der Waals surface area contributed by atoms with E-state index in [4.69, 9.17) is 14.2 Å². The maximum Gasteiger partial charge on any atom is 0.184 e. The zero-order valence-corrected chi connectivity index (χ0v) is 11.8. The van der Waals surface area contributed by atoms with Gasteiger partial charge in [0.15, 0.2) is 12.6 Å². The van der Waals surface area contributed by atoms with Crippen molar-refractivity contribution in [2.45, 2.75) is 68.3 Å². The van der Waals surface area contributed by atoms with Gasteiger partial charge in [0.05, 0.1) is 12.7 Å². The van der Waals surface area contributed by atoms with E-state index in [1.807, 2.05) is 0 Å².